The van der Waals surface area contributed by atoms with Gasteiger partial charge in [-0.3, -0.25) is 9.69 Å². The van der Waals surface area contributed by atoms with Gasteiger partial charge in [0.15, 0.2) is 0 Å². The van der Waals surface area contributed by atoms with Crippen LogP contribution in [0.3, 0.4) is 0 Å². The molecule has 1 aromatic rings. The van der Waals surface area contributed by atoms with E-state index in [9.17, 15) is 4.79 Å². The first-order chi connectivity index (χ1) is 9.63. The lowest BCUT2D eigenvalue weighted by Gasteiger charge is -2.25. The number of hydrogen-bond donors (Lipinski definition) is 2. The summed E-state index contributed by atoms with van der Waals surface area (Å²) in [6, 6.07) is 8.29. The number of nitrogens with zero attached hydrogens (tertiary/aromatic N) is 1. The van der Waals surface area contributed by atoms with Gasteiger partial charge in [0.2, 0.25) is 5.91 Å². The molecule has 1 saturated heterocycles. The molecule has 1 aromatic carbocycles. The van der Waals surface area contributed by atoms with Crippen molar-refractivity contribution in [3.05, 3.63) is 24.3 Å². The number of hydrogen-bond acceptors (Lipinski definition) is 3. The second kappa shape index (κ2) is 7.29. The van der Waals surface area contributed by atoms with E-state index in [0.29, 0.717) is 12.6 Å². The Morgan fingerprint density at radius 2 is 1.70 bits per heavy atom. The smallest absolute Gasteiger partial charge is 0.238 e. The SMILES string of the molecule is CC(C)Nc1ccc(NC(=O)CN2CCCCC2)cc1. The molecule has 2 rings (SSSR count). The average Bonchev–Trinajstić information content (AvgIpc) is 2.41. The Hall–Kier alpha value is -1.55. The molecule has 0 aromatic heterocycles. The van der Waals surface area contributed by atoms with Crippen LogP contribution in [0.15, 0.2) is 24.3 Å². The van der Waals surface area contributed by atoms with Crippen LogP contribution in [0.25, 0.3) is 0 Å². The zero-order chi connectivity index (χ0) is 14.4. The quantitative estimate of drug-likeness (QED) is 0.868. The Kier molecular flexibility index (Phi) is 5.41. The number of rotatable bonds is 5. The van der Waals surface area contributed by atoms with Crippen LogP contribution < -0.4 is 10.6 Å². The van der Waals surface area contributed by atoms with Crippen molar-refractivity contribution in [3.63, 3.8) is 0 Å². The summed E-state index contributed by atoms with van der Waals surface area (Å²) in [4.78, 5) is 14.2. The lowest BCUT2D eigenvalue weighted by Crippen LogP contribution is -2.36. The van der Waals surface area contributed by atoms with Crippen LogP contribution in [-0.4, -0.2) is 36.5 Å². The van der Waals surface area contributed by atoms with Crippen molar-refractivity contribution < 1.29 is 4.79 Å². The number of piperidine rings is 1. The van der Waals surface area contributed by atoms with Crippen molar-refractivity contribution in [3.8, 4) is 0 Å². The van der Waals surface area contributed by atoms with Gasteiger partial charge in [-0.05, 0) is 64.0 Å². The summed E-state index contributed by atoms with van der Waals surface area (Å²) in [6.45, 7) is 6.81. The van der Waals surface area contributed by atoms with Gasteiger partial charge in [-0.15, -0.1) is 0 Å². The van der Waals surface area contributed by atoms with Crippen LogP contribution in [-0.2, 0) is 4.79 Å². The van der Waals surface area contributed by atoms with E-state index in [0.717, 1.165) is 24.5 Å². The molecule has 4 heteroatoms. The summed E-state index contributed by atoms with van der Waals surface area (Å²) in [7, 11) is 0. The fourth-order valence-corrected chi connectivity index (χ4v) is 2.50. The summed E-state index contributed by atoms with van der Waals surface area (Å²) in [5.74, 6) is 0.0801. The topological polar surface area (TPSA) is 44.4 Å². The number of carbonyl (C=O) groups is 1. The molecule has 4 nitrogen and oxygen atoms in total. The molecule has 20 heavy (non-hydrogen) atoms. The first-order valence-corrected chi connectivity index (χ1v) is 7.52. The molecule has 0 spiro atoms. The largest absolute Gasteiger partial charge is 0.383 e. The first kappa shape index (κ1) is 14.9. The molecule has 0 bridgehead atoms. The lowest BCUT2D eigenvalue weighted by atomic mass is 10.1. The highest BCUT2D eigenvalue weighted by Crippen LogP contribution is 2.15. The molecule has 0 radical (unpaired) electrons. The highest BCUT2D eigenvalue weighted by molar-refractivity contribution is 5.92. The molecular formula is C16H25N3O. The van der Waals surface area contributed by atoms with E-state index >= 15 is 0 Å². The van der Waals surface area contributed by atoms with Crippen molar-refractivity contribution >= 4 is 17.3 Å². The summed E-state index contributed by atoms with van der Waals surface area (Å²) >= 11 is 0. The first-order valence-electron chi connectivity index (χ1n) is 7.52. The van der Waals surface area contributed by atoms with Crippen molar-refractivity contribution in [2.45, 2.75) is 39.2 Å². The minimum absolute atomic E-state index is 0.0801. The van der Waals surface area contributed by atoms with Crippen molar-refractivity contribution in [2.75, 3.05) is 30.3 Å². The molecule has 1 aliphatic heterocycles. The summed E-state index contributed by atoms with van der Waals surface area (Å²) in [5.41, 5.74) is 1.94. The molecule has 0 atom stereocenters. The fraction of sp³-hybridized carbons (Fsp3) is 0.562. The van der Waals surface area contributed by atoms with Crippen LogP contribution >= 0.6 is 0 Å². The van der Waals surface area contributed by atoms with Gasteiger partial charge < -0.3 is 10.6 Å². The molecule has 1 fully saturated rings. The number of amides is 1. The van der Waals surface area contributed by atoms with Gasteiger partial charge in [-0.25, -0.2) is 0 Å². The minimum Gasteiger partial charge on any atom is -0.383 e. The van der Waals surface area contributed by atoms with E-state index in [2.05, 4.69) is 29.4 Å². The van der Waals surface area contributed by atoms with Gasteiger partial charge in [0, 0.05) is 17.4 Å². The number of carbonyl (C=O) groups excluding carboxylic acids is 1. The fourth-order valence-electron chi connectivity index (χ4n) is 2.50. The highest BCUT2D eigenvalue weighted by atomic mass is 16.2. The monoisotopic (exact) mass is 275 g/mol. The van der Waals surface area contributed by atoms with Crippen LogP contribution in [0.1, 0.15) is 33.1 Å². The second-order valence-electron chi connectivity index (χ2n) is 5.76. The maximum atomic E-state index is 12.0. The summed E-state index contributed by atoms with van der Waals surface area (Å²) in [5, 5.41) is 6.29. The number of likely N-dealkylation sites (tertiary alicyclic amines) is 1. The third-order valence-corrected chi connectivity index (χ3v) is 3.44. The maximum Gasteiger partial charge on any atom is 0.238 e. The number of nitrogens with one attached hydrogen (secondary N) is 2. The van der Waals surface area contributed by atoms with Gasteiger partial charge in [-0.2, -0.15) is 0 Å². The average molecular weight is 275 g/mol. The van der Waals surface area contributed by atoms with Crippen LogP contribution in [0.4, 0.5) is 11.4 Å². The molecule has 0 saturated carbocycles. The Morgan fingerprint density at radius 1 is 1.10 bits per heavy atom. The van der Waals surface area contributed by atoms with Gasteiger partial charge in [0.1, 0.15) is 0 Å². The van der Waals surface area contributed by atoms with Crippen molar-refractivity contribution in [2.24, 2.45) is 0 Å². The highest BCUT2D eigenvalue weighted by Gasteiger charge is 2.13. The second-order valence-corrected chi connectivity index (χ2v) is 5.76. The van der Waals surface area contributed by atoms with E-state index in [1.165, 1.54) is 19.3 Å². The predicted molar refractivity (Wildman–Crippen MR) is 84.1 cm³/mol. The molecule has 0 unspecified atom stereocenters. The Labute approximate surface area is 121 Å². The van der Waals surface area contributed by atoms with E-state index < -0.39 is 0 Å². The maximum absolute atomic E-state index is 12.0. The Morgan fingerprint density at radius 3 is 2.30 bits per heavy atom. The molecule has 1 aliphatic rings. The third kappa shape index (κ3) is 4.85. The molecule has 2 N–H and O–H groups in total. The standard InChI is InChI=1S/C16H25N3O/c1-13(2)17-14-6-8-15(9-7-14)18-16(20)12-19-10-4-3-5-11-19/h6-9,13,17H,3-5,10-12H2,1-2H3,(H,18,20). The molecule has 110 valence electrons. The molecular weight excluding hydrogens is 250 g/mol. The van der Waals surface area contributed by atoms with Gasteiger partial charge in [0.25, 0.3) is 0 Å². The molecule has 0 aliphatic carbocycles. The summed E-state index contributed by atoms with van der Waals surface area (Å²) in [6.07, 6.45) is 3.72. The van der Waals surface area contributed by atoms with E-state index in [1.807, 2.05) is 24.3 Å². The number of anilines is 2. The minimum atomic E-state index is 0.0801. The Bertz CT molecular complexity index is 422. The third-order valence-electron chi connectivity index (χ3n) is 3.44. The lowest BCUT2D eigenvalue weighted by molar-refractivity contribution is -0.117. The Balaban J connectivity index is 1.81. The number of benzene rings is 1. The van der Waals surface area contributed by atoms with E-state index in [-0.39, 0.29) is 5.91 Å². The predicted octanol–water partition coefficient (Wildman–Crippen LogP) is 2.93. The zero-order valence-corrected chi connectivity index (χ0v) is 12.5. The van der Waals surface area contributed by atoms with Gasteiger partial charge >= 0.3 is 0 Å². The van der Waals surface area contributed by atoms with Crippen LogP contribution in [0.5, 0.6) is 0 Å². The van der Waals surface area contributed by atoms with E-state index in [4.69, 9.17) is 0 Å². The van der Waals surface area contributed by atoms with Gasteiger partial charge in [-0.1, -0.05) is 6.42 Å². The molecule has 1 heterocycles. The zero-order valence-electron chi connectivity index (χ0n) is 12.5. The van der Waals surface area contributed by atoms with Crippen LogP contribution in [0, 0.1) is 0 Å². The van der Waals surface area contributed by atoms with Crippen LogP contribution in [0.2, 0.25) is 0 Å². The van der Waals surface area contributed by atoms with Gasteiger partial charge in [0.05, 0.1) is 6.54 Å². The van der Waals surface area contributed by atoms with Crippen molar-refractivity contribution in [1.82, 2.24) is 4.90 Å². The van der Waals surface area contributed by atoms with Crippen molar-refractivity contribution in [1.29, 1.82) is 0 Å². The van der Waals surface area contributed by atoms with E-state index in [1.54, 1.807) is 0 Å². The normalized spacial score (nSPS) is 16.1. The molecule has 1 amide bonds. The summed E-state index contributed by atoms with van der Waals surface area (Å²) < 4.78 is 0.